The van der Waals surface area contributed by atoms with E-state index >= 15 is 0 Å². The van der Waals surface area contributed by atoms with Crippen LogP contribution in [0.2, 0.25) is 0 Å². The minimum Gasteiger partial charge on any atom is -0.134 e. The first-order valence-corrected chi connectivity index (χ1v) is 7.49. The minimum absolute atomic E-state index is 0.278. The molecule has 1 unspecified atom stereocenters. The molecule has 0 saturated heterocycles. The SMILES string of the molecule is CC12CC=CC=C1c1sc3ccccc3c1S2. The van der Waals surface area contributed by atoms with Crippen molar-refractivity contribution in [2.24, 2.45) is 0 Å². The van der Waals surface area contributed by atoms with Gasteiger partial charge in [0.1, 0.15) is 0 Å². The molecule has 4 rings (SSSR count). The highest BCUT2D eigenvalue weighted by Gasteiger charge is 2.40. The summed E-state index contributed by atoms with van der Waals surface area (Å²) in [7, 11) is 0. The predicted molar refractivity (Wildman–Crippen MR) is 77.8 cm³/mol. The lowest BCUT2D eigenvalue weighted by molar-refractivity contribution is 0.830. The molecule has 1 atom stereocenters. The third-order valence-electron chi connectivity index (χ3n) is 3.60. The maximum atomic E-state index is 2.37. The van der Waals surface area contributed by atoms with Crippen molar-refractivity contribution in [3.05, 3.63) is 47.4 Å². The Morgan fingerprint density at radius 1 is 1.24 bits per heavy atom. The molecule has 2 aromatic rings. The van der Waals surface area contributed by atoms with Crippen LogP contribution in [0.1, 0.15) is 18.2 Å². The molecule has 1 aliphatic carbocycles. The van der Waals surface area contributed by atoms with Gasteiger partial charge in [-0.05, 0) is 25.0 Å². The van der Waals surface area contributed by atoms with Crippen LogP contribution in [0.15, 0.2) is 47.4 Å². The monoisotopic (exact) mass is 256 g/mol. The van der Waals surface area contributed by atoms with Gasteiger partial charge in [0.15, 0.2) is 0 Å². The Morgan fingerprint density at radius 2 is 2.12 bits per heavy atom. The molecule has 0 spiro atoms. The zero-order chi connectivity index (χ0) is 11.5. The van der Waals surface area contributed by atoms with Crippen LogP contribution < -0.4 is 0 Å². The van der Waals surface area contributed by atoms with E-state index in [1.165, 1.54) is 25.4 Å². The maximum absolute atomic E-state index is 2.37. The molecule has 0 saturated carbocycles. The molecular weight excluding hydrogens is 244 g/mol. The van der Waals surface area contributed by atoms with Crippen LogP contribution in [-0.2, 0) is 0 Å². The van der Waals surface area contributed by atoms with Gasteiger partial charge < -0.3 is 0 Å². The summed E-state index contributed by atoms with van der Waals surface area (Å²) in [5.74, 6) is 0. The highest BCUT2D eigenvalue weighted by Crippen LogP contribution is 2.60. The molecule has 2 heteroatoms. The van der Waals surface area contributed by atoms with Gasteiger partial charge in [0.05, 0.1) is 0 Å². The molecule has 2 aliphatic rings. The largest absolute Gasteiger partial charge is 0.134 e. The first-order chi connectivity index (χ1) is 8.28. The molecule has 0 N–H and O–H groups in total. The number of allylic oxidation sites excluding steroid dienone is 3. The maximum Gasteiger partial charge on any atom is 0.0476 e. The van der Waals surface area contributed by atoms with Crippen molar-refractivity contribution in [2.45, 2.75) is 23.0 Å². The van der Waals surface area contributed by atoms with E-state index in [0.717, 1.165) is 6.42 Å². The van der Waals surface area contributed by atoms with Crippen molar-refractivity contribution < 1.29 is 0 Å². The highest BCUT2D eigenvalue weighted by atomic mass is 32.2. The summed E-state index contributed by atoms with van der Waals surface area (Å²) >= 11 is 4.00. The molecule has 1 aromatic heterocycles. The van der Waals surface area contributed by atoms with E-state index in [4.69, 9.17) is 0 Å². The minimum atomic E-state index is 0.278. The molecular formula is C15H12S2. The summed E-state index contributed by atoms with van der Waals surface area (Å²) in [5, 5.41) is 1.44. The van der Waals surface area contributed by atoms with Gasteiger partial charge in [-0.2, -0.15) is 0 Å². The summed E-state index contributed by atoms with van der Waals surface area (Å²) in [4.78, 5) is 3.01. The Hall–Kier alpha value is -0.990. The number of benzene rings is 1. The van der Waals surface area contributed by atoms with Gasteiger partial charge in [0.2, 0.25) is 0 Å². The molecule has 2 heterocycles. The number of thioether (sulfide) groups is 1. The molecule has 0 bridgehead atoms. The number of rotatable bonds is 0. The lowest BCUT2D eigenvalue weighted by Gasteiger charge is -2.25. The van der Waals surface area contributed by atoms with Crippen molar-refractivity contribution >= 4 is 38.8 Å². The summed E-state index contributed by atoms with van der Waals surface area (Å²) in [6.07, 6.45) is 7.95. The van der Waals surface area contributed by atoms with E-state index in [2.05, 4.69) is 49.4 Å². The van der Waals surface area contributed by atoms with Crippen LogP contribution in [-0.4, -0.2) is 4.75 Å². The fraction of sp³-hybridized carbons (Fsp3) is 0.200. The van der Waals surface area contributed by atoms with Gasteiger partial charge in [0.25, 0.3) is 0 Å². The summed E-state index contributed by atoms with van der Waals surface area (Å²) in [6, 6.07) is 8.77. The van der Waals surface area contributed by atoms with E-state index in [-0.39, 0.29) is 4.75 Å². The Bertz CT molecular complexity index is 675. The molecule has 17 heavy (non-hydrogen) atoms. The van der Waals surface area contributed by atoms with Crippen LogP contribution in [0, 0.1) is 0 Å². The van der Waals surface area contributed by atoms with Crippen LogP contribution in [0.25, 0.3) is 15.7 Å². The molecule has 0 amide bonds. The Labute approximate surface area is 109 Å². The second-order valence-corrected chi connectivity index (χ2v) is 7.37. The van der Waals surface area contributed by atoms with E-state index in [0.29, 0.717) is 0 Å². The first kappa shape index (κ1) is 9.98. The van der Waals surface area contributed by atoms with E-state index in [1.54, 1.807) is 0 Å². The number of fused-ring (bicyclic) bond motifs is 5. The fourth-order valence-electron chi connectivity index (χ4n) is 2.68. The molecule has 0 fully saturated rings. The Kier molecular flexibility index (Phi) is 1.92. The number of hydrogen-bond acceptors (Lipinski definition) is 2. The second-order valence-electron chi connectivity index (χ2n) is 4.80. The number of hydrogen-bond donors (Lipinski definition) is 0. The van der Waals surface area contributed by atoms with Gasteiger partial charge >= 0.3 is 0 Å². The molecule has 1 aliphatic heterocycles. The van der Waals surface area contributed by atoms with E-state index in [1.807, 2.05) is 23.1 Å². The van der Waals surface area contributed by atoms with E-state index in [9.17, 15) is 0 Å². The highest BCUT2D eigenvalue weighted by molar-refractivity contribution is 8.02. The Morgan fingerprint density at radius 3 is 3.06 bits per heavy atom. The lowest BCUT2D eigenvalue weighted by Crippen LogP contribution is -2.18. The van der Waals surface area contributed by atoms with Crippen LogP contribution in [0.4, 0.5) is 0 Å². The molecule has 84 valence electrons. The van der Waals surface area contributed by atoms with Gasteiger partial charge in [-0.15, -0.1) is 23.1 Å². The zero-order valence-corrected chi connectivity index (χ0v) is 11.2. The van der Waals surface area contributed by atoms with Gasteiger partial charge in [-0.25, -0.2) is 0 Å². The predicted octanol–water partition coefficient (Wildman–Crippen LogP) is 5.11. The third kappa shape index (κ3) is 1.25. The normalized spacial score (nSPS) is 25.8. The third-order valence-corrected chi connectivity index (χ3v) is 6.40. The van der Waals surface area contributed by atoms with Crippen LogP contribution in [0.5, 0.6) is 0 Å². The molecule has 0 nitrogen and oxygen atoms in total. The average molecular weight is 256 g/mol. The standard InChI is InChI=1S/C15H12S2/c1-15-9-5-4-7-11(15)14-13(17-15)10-6-2-3-8-12(10)16-14/h2-8H,9H2,1H3. The molecule has 0 radical (unpaired) electrons. The van der Waals surface area contributed by atoms with E-state index < -0.39 is 0 Å². The summed E-state index contributed by atoms with van der Waals surface area (Å²) in [6.45, 7) is 2.37. The van der Waals surface area contributed by atoms with Crippen molar-refractivity contribution in [3.63, 3.8) is 0 Å². The van der Waals surface area contributed by atoms with Gasteiger partial charge in [0, 0.05) is 24.6 Å². The van der Waals surface area contributed by atoms with Crippen molar-refractivity contribution in [2.75, 3.05) is 0 Å². The zero-order valence-electron chi connectivity index (χ0n) is 9.57. The quantitative estimate of drug-likeness (QED) is 0.631. The smallest absolute Gasteiger partial charge is 0.0476 e. The summed E-state index contributed by atoms with van der Waals surface area (Å²) in [5.41, 5.74) is 1.53. The van der Waals surface area contributed by atoms with Gasteiger partial charge in [-0.1, -0.05) is 36.4 Å². The van der Waals surface area contributed by atoms with Crippen molar-refractivity contribution in [1.82, 2.24) is 0 Å². The topological polar surface area (TPSA) is 0 Å². The Balaban J connectivity index is 2.04. The van der Waals surface area contributed by atoms with Crippen LogP contribution in [0.3, 0.4) is 0 Å². The second kappa shape index (κ2) is 3.27. The average Bonchev–Trinajstić information content (AvgIpc) is 2.81. The molecule has 1 aromatic carbocycles. The van der Waals surface area contributed by atoms with Gasteiger partial charge in [-0.3, -0.25) is 0 Å². The summed E-state index contributed by atoms with van der Waals surface area (Å²) < 4.78 is 1.70. The first-order valence-electron chi connectivity index (χ1n) is 5.86. The fourth-order valence-corrected chi connectivity index (χ4v) is 5.71. The lowest BCUT2D eigenvalue weighted by atomic mass is 9.91. The van der Waals surface area contributed by atoms with Crippen LogP contribution >= 0.6 is 23.1 Å². The van der Waals surface area contributed by atoms with Crippen molar-refractivity contribution in [3.8, 4) is 0 Å². The van der Waals surface area contributed by atoms with Crippen molar-refractivity contribution in [1.29, 1.82) is 0 Å². The number of thiophene rings is 1.